The fraction of sp³-hybridized carbons (Fsp3) is 0.300. The molecule has 1 aliphatic rings. The summed E-state index contributed by atoms with van der Waals surface area (Å²) in [6.45, 7) is 2.04. The van der Waals surface area contributed by atoms with E-state index in [0.717, 1.165) is 24.1 Å². The van der Waals surface area contributed by atoms with Gasteiger partial charge in [0.05, 0.1) is 18.6 Å². The molecule has 6 heteroatoms. The van der Waals surface area contributed by atoms with E-state index in [1.807, 2.05) is 43.3 Å². The summed E-state index contributed by atoms with van der Waals surface area (Å²) in [6, 6.07) is 11.1. The third-order valence-electron chi connectivity index (χ3n) is 4.64. The first-order valence-electron chi connectivity index (χ1n) is 8.53. The number of ether oxygens (including phenoxy) is 2. The van der Waals surface area contributed by atoms with Crippen LogP contribution < -0.4 is 16.0 Å². The average molecular weight is 354 g/mol. The second kappa shape index (κ2) is 7.07. The van der Waals surface area contributed by atoms with E-state index in [1.165, 1.54) is 7.11 Å². The Morgan fingerprint density at radius 2 is 2.00 bits per heavy atom. The van der Waals surface area contributed by atoms with E-state index in [-0.39, 0.29) is 17.0 Å². The van der Waals surface area contributed by atoms with Gasteiger partial charge in [-0.05, 0) is 12.0 Å². The smallest absolute Gasteiger partial charge is 0.340 e. The van der Waals surface area contributed by atoms with Crippen LogP contribution in [0.3, 0.4) is 0 Å². The van der Waals surface area contributed by atoms with Gasteiger partial charge in [0.1, 0.15) is 11.3 Å². The van der Waals surface area contributed by atoms with E-state index in [0.29, 0.717) is 11.3 Å². The Balaban J connectivity index is 2.30. The molecule has 0 spiro atoms. The van der Waals surface area contributed by atoms with Crippen molar-refractivity contribution in [2.75, 3.05) is 7.11 Å². The van der Waals surface area contributed by atoms with Gasteiger partial charge >= 0.3 is 5.97 Å². The zero-order valence-corrected chi connectivity index (χ0v) is 15.1. The Labute approximate surface area is 151 Å². The molecule has 0 fully saturated rings. The van der Waals surface area contributed by atoms with E-state index < -0.39 is 11.9 Å². The molecule has 26 heavy (non-hydrogen) atoms. The lowest BCUT2D eigenvalue weighted by atomic mass is 9.83. The molecule has 0 aliphatic carbocycles. The number of fused-ring (bicyclic) bond motifs is 1. The summed E-state index contributed by atoms with van der Waals surface area (Å²) in [6.07, 6.45) is 1.64. The predicted molar refractivity (Wildman–Crippen MR) is 97.8 cm³/mol. The molecule has 2 aromatic rings. The van der Waals surface area contributed by atoms with E-state index in [1.54, 1.807) is 11.6 Å². The number of nitrogens with two attached hydrogens (primary N) is 1. The van der Waals surface area contributed by atoms with Crippen LogP contribution in [-0.2, 0) is 23.0 Å². The van der Waals surface area contributed by atoms with Gasteiger partial charge in [0.25, 0.3) is 5.56 Å². The maximum absolute atomic E-state index is 13.1. The Bertz CT molecular complexity index is 929. The first-order chi connectivity index (χ1) is 12.5. The lowest BCUT2D eigenvalue weighted by Gasteiger charge is -2.28. The monoisotopic (exact) mass is 354 g/mol. The third-order valence-corrected chi connectivity index (χ3v) is 4.64. The molecule has 0 saturated heterocycles. The summed E-state index contributed by atoms with van der Waals surface area (Å²) < 4.78 is 12.2. The molecule has 0 radical (unpaired) electrons. The first kappa shape index (κ1) is 17.8. The fourth-order valence-electron chi connectivity index (χ4n) is 3.36. The highest BCUT2D eigenvalue weighted by molar-refractivity contribution is 5.92. The zero-order valence-electron chi connectivity index (χ0n) is 15.1. The number of benzene rings is 1. The average Bonchev–Trinajstić information content (AvgIpc) is 2.65. The van der Waals surface area contributed by atoms with Gasteiger partial charge in [-0.15, -0.1) is 0 Å². The molecule has 1 aromatic heterocycles. The van der Waals surface area contributed by atoms with Gasteiger partial charge in [-0.1, -0.05) is 43.7 Å². The molecule has 136 valence electrons. The topological polar surface area (TPSA) is 83.5 Å². The van der Waals surface area contributed by atoms with Crippen molar-refractivity contribution in [1.82, 2.24) is 4.57 Å². The van der Waals surface area contributed by atoms with Crippen LogP contribution in [-0.4, -0.2) is 17.6 Å². The van der Waals surface area contributed by atoms with E-state index in [9.17, 15) is 9.59 Å². The molecule has 6 nitrogen and oxygen atoms in total. The van der Waals surface area contributed by atoms with Gasteiger partial charge in [-0.25, -0.2) is 4.79 Å². The van der Waals surface area contributed by atoms with Crippen molar-refractivity contribution >= 4 is 5.97 Å². The number of pyridine rings is 1. The number of nitrogens with zero attached hydrogens (tertiary/aromatic N) is 1. The van der Waals surface area contributed by atoms with Crippen LogP contribution in [0.5, 0.6) is 5.75 Å². The molecule has 3 rings (SSSR count). The van der Waals surface area contributed by atoms with Gasteiger partial charge < -0.3 is 19.8 Å². The second-order valence-electron chi connectivity index (χ2n) is 6.24. The van der Waals surface area contributed by atoms with Crippen LogP contribution in [0.25, 0.3) is 0 Å². The number of methoxy groups -OCH3 is 1. The van der Waals surface area contributed by atoms with Crippen LogP contribution in [0.4, 0.5) is 0 Å². The van der Waals surface area contributed by atoms with Gasteiger partial charge in [-0.3, -0.25) is 4.79 Å². The maximum Gasteiger partial charge on any atom is 0.340 e. The Hall–Kier alpha value is -3.02. The molecule has 0 bridgehead atoms. The van der Waals surface area contributed by atoms with Crippen molar-refractivity contribution in [2.45, 2.75) is 25.7 Å². The Morgan fingerprint density at radius 3 is 2.62 bits per heavy atom. The van der Waals surface area contributed by atoms with Gasteiger partial charge in [0, 0.05) is 18.8 Å². The lowest BCUT2D eigenvalue weighted by Crippen LogP contribution is -2.34. The summed E-state index contributed by atoms with van der Waals surface area (Å²) in [4.78, 5) is 25.5. The summed E-state index contributed by atoms with van der Waals surface area (Å²) in [5.41, 5.74) is 8.04. The largest absolute Gasteiger partial charge is 0.465 e. The van der Waals surface area contributed by atoms with Gasteiger partial charge in [0.15, 0.2) is 0 Å². The zero-order chi connectivity index (χ0) is 18.8. The lowest BCUT2D eigenvalue weighted by molar-refractivity contribution is -0.136. The number of aromatic nitrogens is 1. The molecule has 1 aliphatic heterocycles. The van der Waals surface area contributed by atoms with Crippen LogP contribution in [0.1, 0.15) is 36.1 Å². The van der Waals surface area contributed by atoms with Crippen LogP contribution in [0.15, 0.2) is 52.6 Å². The number of rotatable bonds is 4. The molecule has 1 aromatic carbocycles. The number of aryl methyl sites for hydroxylation is 1. The van der Waals surface area contributed by atoms with Crippen LogP contribution >= 0.6 is 0 Å². The molecule has 1 atom stereocenters. The Morgan fingerprint density at radius 1 is 1.31 bits per heavy atom. The van der Waals surface area contributed by atoms with Crippen LogP contribution in [0, 0.1) is 0 Å². The van der Waals surface area contributed by atoms with Crippen molar-refractivity contribution in [1.29, 1.82) is 0 Å². The number of hydrogen-bond acceptors (Lipinski definition) is 5. The molecule has 2 N–H and O–H groups in total. The number of carbonyl (C=O) groups excluding carboxylic acids is 1. The van der Waals surface area contributed by atoms with E-state index >= 15 is 0 Å². The quantitative estimate of drug-likeness (QED) is 0.851. The highest BCUT2D eigenvalue weighted by Crippen LogP contribution is 2.41. The fourth-order valence-corrected chi connectivity index (χ4v) is 3.36. The molecular formula is C20H22N2O4. The highest BCUT2D eigenvalue weighted by atomic mass is 16.5. The predicted octanol–water partition coefficient (Wildman–Crippen LogP) is 2.21. The van der Waals surface area contributed by atoms with Crippen molar-refractivity contribution in [2.24, 2.45) is 12.8 Å². The molecular weight excluding hydrogens is 332 g/mol. The summed E-state index contributed by atoms with van der Waals surface area (Å²) >= 11 is 0. The van der Waals surface area contributed by atoms with Crippen molar-refractivity contribution < 1.29 is 14.3 Å². The van der Waals surface area contributed by atoms with Crippen molar-refractivity contribution in [3.63, 3.8) is 0 Å². The number of esters is 1. The first-order valence-corrected chi connectivity index (χ1v) is 8.53. The minimum absolute atomic E-state index is 0.0334. The van der Waals surface area contributed by atoms with Gasteiger partial charge in [0.2, 0.25) is 5.88 Å². The van der Waals surface area contributed by atoms with Crippen molar-refractivity contribution in [3.05, 3.63) is 75.0 Å². The second-order valence-corrected chi connectivity index (χ2v) is 6.24. The Kier molecular flexibility index (Phi) is 4.84. The highest BCUT2D eigenvalue weighted by Gasteiger charge is 2.37. The molecule has 2 heterocycles. The van der Waals surface area contributed by atoms with E-state index in [4.69, 9.17) is 15.2 Å². The normalized spacial score (nSPS) is 16.0. The minimum Gasteiger partial charge on any atom is -0.465 e. The van der Waals surface area contributed by atoms with Gasteiger partial charge in [-0.2, -0.15) is 0 Å². The SMILES string of the molecule is CCCc1cc2c(c(=O)n1C)C(c1ccccc1)C(C(=O)OC)=C(N)O2. The maximum atomic E-state index is 13.1. The standard InChI is InChI=1S/C20H22N2O4/c1-4-8-13-11-14-16(19(23)22(13)2)15(12-9-6-5-7-10-12)17(18(21)26-14)20(24)25-3/h5-7,9-11,15H,4,8,21H2,1-3H3. The van der Waals surface area contributed by atoms with Crippen LogP contribution in [0.2, 0.25) is 0 Å². The molecule has 0 saturated carbocycles. The summed E-state index contributed by atoms with van der Waals surface area (Å²) in [7, 11) is 3.01. The number of carbonyl (C=O) groups is 1. The third kappa shape index (κ3) is 2.87. The summed E-state index contributed by atoms with van der Waals surface area (Å²) in [5, 5.41) is 0. The summed E-state index contributed by atoms with van der Waals surface area (Å²) in [5.74, 6) is -0.882. The van der Waals surface area contributed by atoms with Crippen molar-refractivity contribution in [3.8, 4) is 5.75 Å². The molecule has 1 unspecified atom stereocenters. The minimum atomic E-state index is -0.637. The molecule has 0 amide bonds. The number of hydrogen-bond donors (Lipinski definition) is 1. The van der Waals surface area contributed by atoms with E-state index in [2.05, 4.69) is 0 Å².